The topological polar surface area (TPSA) is 65.2 Å². The van der Waals surface area contributed by atoms with Gasteiger partial charge in [-0.15, -0.1) is 21.5 Å². The number of thiophene rings is 1. The lowest BCUT2D eigenvalue weighted by atomic mass is 10.1. The second-order valence-electron chi connectivity index (χ2n) is 4.55. The zero-order chi connectivity index (χ0) is 15.5. The molecule has 0 N–H and O–H groups in total. The number of aryl methyl sites for hydroxylation is 1. The number of esters is 1. The molecular formula is C15H11BrN2O3S. The molecule has 7 heteroatoms. The Balaban J connectivity index is 1.65. The summed E-state index contributed by atoms with van der Waals surface area (Å²) in [4.78, 5) is 12.8. The molecule has 0 aliphatic carbocycles. The van der Waals surface area contributed by atoms with E-state index in [2.05, 4.69) is 26.1 Å². The zero-order valence-electron chi connectivity index (χ0n) is 11.6. The van der Waals surface area contributed by atoms with Crippen LogP contribution < -0.4 is 0 Å². The van der Waals surface area contributed by atoms with E-state index in [1.807, 2.05) is 31.2 Å². The van der Waals surface area contributed by atoms with Crippen LogP contribution in [-0.4, -0.2) is 16.2 Å². The van der Waals surface area contributed by atoms with Gasteiger partial charge in [0.25, 0.3) is 11.8 Å². The van der Waals surface area contributed by atoms with Gasteiger partial charge in [-0.25, -0.2) is 4.79 Å². The first-order chi connectivity index (χ1) is 10.6. The predicted molar refractivity (Wildman–Crippen MR) is 85.6 cm³/mol. The average molecular weight is 379 g/mol. The van der Waals surface area contributed by atoms with E-state index in [9.17, 15) is 4.79 Å². The fraction of sp³-hybridized carbons (Fsp3) is 0.133. The number of halogens is 1. The minimum atomic E-state index is -0.415. The third-order valence-electron chi connectivity index (χ3n) is 2.83. The van der Waals surface area contributed by atoms with E-state index in [-0.39, 0.29) is 12.5 Å². The average Bonchev–Trinajstić information content (AvgIpc) is 3.13. The number of aromatic nitrogens is 2. The molecule has 0 aliphatic rings. The molecule has 0 radical (unpaired) electrons. The van der Waals surface area contributed by atoms with E-state index in [4.69, 9.17) is 9.15 Å². The molecule has 22 heavy (non-hydrogen) atoms. The normalized spacial score (nSPS) is 10.6. The van der Waals surface area contributed by atoms with Crippen molar-refractivity contribution in [3.8, 4) is 10.8 Å². The van der Waals surface area contributed by atoms with Crippen LogP contribution in [-0.2, 0) is 11.3 Å². The lowest BCUT2D eigenvalue weighted by Crippen LogP contribution is -2.05. The molecule has 112 valence electrons. The highest BCUT2D eigenvalue weighted by Gasteiger charge is 2.13. The summed E-state index contributed by atoms with van der Waals surface area (Å²) in [7, 11) is 0. The number of nitrogens with zero attached hydrogens (tertiary/aromatic N) is 2. The molecule has 0 unspecified atom stereocenters. The van der Waals surface area contributed by atoms with Gasteiger partial charge in [-0.3, -0.25) is 0 Å². The van der Waals surface area contributed by atoms with Crippen LogP contribution in [0.2, 0.25) is 0 Å². The highest BCUT2D eigenvalue weighted by atomic mass is 79.9. The first-order valence-electron chi connectivity index (χ1n) is 6.44. The summed E-state index contributed by atoms with van der Waals surface area (Å²) in [5.74, 6) is 0.264. The van der Waals surface area contributed by atoms with Crippen molar-refractivity contribution < 1.29 is 13.9 Å². The minimum absolute atomic E-state index is 0.0493. The largest absolute Gasteiger partial charge is 0.452 e. The number of benzene rings is 1. The van der Waals surface area contributed by atoms with Crippen LogP contribution in [0.3, 0.4) is 0 Å². The van der Waals surface area contributed by atoms with Gasteiger partial charge in [0, 0.05) is 0 Å². The van der Waals surface area contributed by atoms with Crippen molar-refractivity contribution >= 4 is 33.2 Å². The number of ether oxygens (including phenoxy) is 1. The Hall–Kier alpha value is -1.99. The molecule has 3 aromatic rings. The molecule has 0 bridgehead atoms. The summed E-state index contributed by atoms with van der Waals surface area (Å²) in [6.45, 7) is 1.87. The Morgan fingerprint density at radius 2 is 2.18 bits per heavy atom. The molecule has 0 saturated heterocycles. The fourth-order valence-electron chi connectivity index (χ4n) is 1.82. The van der Waals surface area contributed by atoms with Gasteiger partial charge in [0.2, 0.25) is 0 Å². The maximum Gasteiger partial charge on any atom is 0.338 e. The van der Waals surface area contributed by atoms with Gasteiger partial charge in [0.15, 0.2) is 6.61 Å². The van der Waals surface area contributed by atoms with Crippen LogP contribution in [0.4, 0.5) is 0 Å². The van der Waals surface area contributed by atoms with Gasteiger partial charge < -0.3 is 9.15 Å². The molecule has 0 fully saturated rings. The number of rotatable bonds is 4. The van der Waals surface area contributed by atoms with Crippen LogP contribution in [0.15, 0.2) is 44.6 Å². The smallest absolute Gasteiger partial charge is 0.338 e. The maximum absolute atomic E-state index is 11.9. The highest BCUT2D eigenvalue weighted by molar-refractivity contribution is 9.11. The Morgan fingerprint density at radius 3 is 2.91 bits per heavy atom. The summed E-state index contributed by atoms with van der Waals surface area (Å²) in [6.07, 6.45) is 0. The SMILES string of the molecule is Cc1cccc(C(=O)OCc2nnc(-c3ccc(Br)s3)o2)c1. The van der Waals surface area contributed by atoms with Crippen molar-refractivity contribution in [3.05, 3.63) is 57.2 Å². The second kappa shape index (κ2) is 6.41. The van der Waals surface area contributed by atoms with E-state index in [0.717, 1.165) is 14.2 Å². The van der Waals surface area contributed by atoms with E-state index in [0.29, 0.717) is 11.5 Å². The van der Waals surface area contributed by atoms with Crippen LogP contribution in [0.5, 0.6) is 0 Å². The van der Waals surface area contributed by atoms with Crippen molar-refractivity contribution in [1.29, 1.82) is 0 Å². The lowest BCUT2D eigenvalue weighted by Gasteiger charge is -2.02. The lowest BCUT2D eigenvalue weighted by molar-refractivity contribution is 0.0438. The van der Waals surface area contributed by atoms with Crippen molar-refractivity contribution in [1.82, 2.24) is 10.2 Å². The zero-order valence-corrected chi connectivity index (χ0v) is 14.0. The van der Waals surface area contributed by atoms with Crippen molar-refractivity contribution in [2.75, 3.05) is 0 Å². The second-order valence-corrected chi connectivity index (χ2v) is 7.01. The number of hydrogen-bond donors (Lipinski definition) is 0. The van der Waals surface area contributed by atoms with Gasteiger partial charge in [-0.2, -0.15) is 0 Å². The molecule has 2 aromatic heterocycles. The standard InChI is InChI=1S/C15H11BrN2O3S/c1-9-3-2-4-10(7-9)15(19)20-8-13-17-18-14(21-13)11-5-6-12(16)22-11/h2-7H,8H2,1H3. The molecule has 0 aliphatic heterocycles. The van der Waals surface area contributed by atoms with E-state index >= 15 is 0 Å². The van der Waals surface area contributed by atoms with Crippen LogP contribution >= 0.6 is 27.3 Å². The Labute approximate surface area is 139 Å². The van der Waals surface area contributed by atoms with E-state index in [1.54, 1.807) is 12.1 Å². The summed E-state index contributed by atoms with van der Waals surface area (Å²) >= 11 is 4.87. The van der Waals surface area contributed by atoms with Gasteiger partial charge in [-0.1, -0.05) is 17.7 Å². The summed E-state index contributed by atoms with van der Waals surface area (Å²) in [5, 5.41) is 7.83. The predicted octanol–water partition coefficient (Wildman–Crippen LogP) is 4.23. The summed E-state index contributed by atoms with van der Waals surface area (Å²) in [5.41, 5.74) is 1.50. The Morgan fingerprint density at radius 1 is 1.32 bits per heavy atom. The first-order valence-corrected chi connectivity index (χ1v) is 8.04. The maximum atomic E-state index is 11.9. The third-order valence-corrected chi connectivity index (χ3v) is 4.44. The summed E-state index contributed by atoms with van der Waals surface area (Å²) < 4.78 is 11.6. The highest BCUT2D eigenvalue weighted by Crippen LogP contribution is 2.30. The molecule has 0 amide bonds. The molecule has 0 atom stereocenters. The Kier molecular flexibility index (Phi) is 4.35. The van der Waals surface area contributed by atoms with Crippen LogP contribution in [0, 0.1) is 6.92 Å². The van der Waals surface area contributed by atoms with Crippen molar-refractivity contribution in [3.63, 3.8) is 0 Å². The molecule has 1 aromatic carbocycles. The van der Waals surface area contributed by atoms with Crippen LogP contribution in [0.25, 0.3) is 10.8 Å². The number of hydrogen-bond acceptors (Lipinski definition) is 6. The van der Waals surface area contributed by atoms with Gasteiger partial charge >= 0.3 is 5.97 Å². The monoisotopic (exact) mass is 378 g/mol. The van der Waals surface area contributed by atoms with Crippen LogP contribution in [0.1, 0.15) is 21.8 Å². The minimum Gasteiger partial charge on any atom is -0.452 e. The molecular weight excluding hydrogens is 368 g/mol. The van der Waals surface area contributed by atoms with E-state index < -0.39 is 5.97 Å². The Bertz CT molecular complexity index is 812. The number of carbonyl (C=O) groups excluding carboxylic acids is 1. The van der Waals surface area contributed by atoms with E-state index in [1.165, 1.54) is 11.3 Å². The van der Waals surface area contributed by atoms with Crippen molar-refractivity contribution in [2.24, 2.45) is 0 Å². The fourth-order valence-corrected chi connectivity index (χ4v) is 3.13. The van der Waals surface area contributed by atoms with Crippen molar-refractivity contribution in [2.45, 2.75) is 13.5 Å². The molecule has 0 saturated carbocycles. The molecule has 5 nitrogen and oxygen atoms in total. The quantitative estimate of drug-likeness (QED) is 0.635. The molecule has 0 spiro atoms. The van der Waals surface area contributed by atoms with Gasteiger partial charge in [0.05, 0.1) is 14.2 Å². The molecule has 3 rings (SSSR count). The first kappa shape index (κ1) is 14.9. The van der Waals surface area contributed by atoms with Gasteiger partial charge in [0.1, 0.15) is 0 Å². The number of carbonyl (C=O) groups is 1. The third kappa shape index (κ3) is 3.42. The molecule has 2 heterocycles. The summed E-state index contributed by atoms with van der Waals surface area (Å²) in [6, 6.07) is 11.0. The van der Waals surface area contributed by atoms with Gasteiger partial charge in [-0.05, 0) is 47.1 Å².